The predicted molar refractivity (Wildman–Crippen MR) is 103 cm³/mol. The van der Waals surface area contributed by atoms with Crippen LogP contribution in [0.2, 0.25) is 0 Å². The third-order valence-corrected chi connectivity index (χ3v) is 7.74. The lowest BCUT2D eigenvalue weighted by Crippen LogP contribution is -2.48. The Morgan fingerprint density at radius 2 is 1.76 bits per heavy atom. The van der Waals surface area contributed by atoms with E-state index in [4.69, 9.17) is 0 Å². The van der Waals surface area contributed by atoms with Crippen LogP contribution in [0.4, 0.5) is 5.69 Å². The summed E-state index contributed by atoms with van der Waals surface area (Å²) in [6, 6.07) is 10.6. The maximum atomic E-state index is 12.3. The molecule has 4 aliphatic carbocycles. The van der Waals surface area contributed by atoms with Crippen LogP contribution in [-0.4, -0.2) is 5.91 Å². The molecule has 1 aromatic carbocycles. The van der Waals surface area contributed by atoms with Gasteiger partial charge in [0.25, 0.3) is 5.91 Å². The summed E-state index contributed by atoms with van der Waals surface area (Å²) in [5.41, 5.74) is 4.10. The van der Waals surface area contributed by atoms with Gasteiger partial charge in [0.15, 0.2) is 0 Å². The molecular formula is C22H25NOS. The van der Waals surface area contributed by atoms with Crippen molar-refractivity contribution in [3.8, 4) is 0 Å². The van der Waals surface area contributed by atoms with E-state index in [0.29, 0.717) is 5.41 Å². The molecule has 4 aliphatic rings. The van der Waals surface area contributed by atoms with Crippen molar-refractivity contribution in [3.05, 3.63) is 51.7 Å². The van der Waals surface area contributed by atoms with Crippen LogP contribution in [0.5, 0.6) is 0 Å². The fourth-order valence-corrected chi connectivity index (χ4v) is 6.81. The van der Waals surface area contributed by atoms with Gasteiger partial charge in [-0.3, -0.25) is 4.79 Å². The fraction of sp³-hybridized carbons (Fsp3) is 0.500. The van der Waals surface area contributed by atoms with Gasteiger partial charge in [0.1, 0.15) is 0 Å². The zero-order chi connectivity index (χ0) is 17.0. The van der Waals surface area contributed by atoms with Crippen molar-refractivity contribution >= 4 is 22.9 Å². The predicted octanol–water partition coefficient (Wildman–Crippen LogP) is 5.78. The topological polar surface area (TPSA) is 29.1 Å². The van der Waals surface area contributed by atoms with E-state index in [9.17, 15) is 4.79 Å². The van der Waals surface area contributed by atoms with Gasteiger partial charge in [0, 0.05) is 5.69 Å². The molecule has 2 aromatic rings. The van der Waals surface area contributed by atoms with Gasteiger partial charge in [-0.2, -0.15) is 0 Å². The molecule has 0 saturated heterocycles. The smallest absolute Gasteiger partial charge is 0.265 e. The first kappa shape index (κ1) is 15.6. The zero-order valence-electron chi connectivity index (χ0n) is 14.8. The van der Waals surface area contributed by atoms with Gasteiger partial charge in [-0.05, 0) is 97.3 Å². The summed E-state index contributed by atoms with van der Waals surface area (Å²) < 4.78 is 0. The molecule has 4 bridgehead atoms. The van der Waals surface area contributed by atoms with E-state index in [1.54, 1.807) is 0 Å². The molecule has 2 nitrogen and oxygen atoms in total. The first-order valence-corrected chi connectivity index (χ1v) is 10.5. The van der Waals surface area contributed by atoms with Crippen molar-refractivity contribution in [2.75, 3.05) is 5.32 Å². The van der Waals surface area contributed by atoms with E-state index in [1.165, 1.54) is 61.0 Å². The molecule has 1 N–H and O–H groups in total. The fourth-order valence-electron chi connectivity index (χ4n) is 6.19. The Morgan fingerprint density at radius 3 is 2.32 bits per heavy atom. The lowest BCUT2D eigenvalue weighted by atomic mass is 9.48. The first-order chi connectivity index (χ1) is 12.1. The Morgan fingerprint density at radius 1 is 1.08 bits per heavy atom. The molecular weight excluding hydrogens is 326 g/mol. The maximum absolute atomic E-state index is 12.3. The van der Waals surface area contributed by atoms with Crippen LogP contribution in [-0.2, 0) is 5.41 Å². The van der Waals surface area contributed by atoms with Crippen molar-refractivity contribution < 1.29 is 4.79 Å². The number of carbonyl (C=O) groups is 1. The minimum atomic E-state index is 0.000606. The van der Waals surface area contributed by atoms with Crippen LogP contribution in [0.15, 0.2) is 35.7 Å². The van der Waals surface area contributed by atoms with Crippen LogP contribution in [0, 0.1) is 24.7 Å². The number of hydrogen-bond donors (Lipinski definition) is 1. The lowest BCUT2D eigenvalue weighted by Gasteiger charge is -2.57. The van der Waals surface area contributed by atoms with Crippen molar-refractivity contribution in [2.45, 2.75) is 50.9 Å². The lowest BCUT2D eigenvalue weighted by molar-refractivity contribution is -0.00520. The highest BCUT2D eigenvalue weighted by molar-refractivity contribution is 7.12. The normalized spacial score (nSPS) is 32.8. The average molecular weight is 352 g/mol. The van der Waals surface area contributed by atoms with Crippen molar-refractivity contribution in [3.63, 3.8) is 0 Å². The van der Waals surface area contributed by atoms with E-state index < -0.39 is 0 Å². The minimum absolute atomic E-state index is 0.000606. The van der Waals surface area contributed by atoms with Gasteiger partial charge in [-0.1, -0.05) is 18.2 Å². The molecule has 130 valence electrons. The summed E-state index contributed by atoms with van der Waals surface area (Å²) in [5.74, 6) is 2.89. The molecule has 6 rings (SSSR count). The molecule has 4 fully saturated rings. The van der Waals surface area contributed by atoms with Crippen LogP contribution < -0.4 is 5.32 Å². The van der Waals surface area contributed by atoms with Gasteiger partial charge in [-0.25, -0.2) is 0 Å². The highest BCUT2D eigenvalue weighted by Crippen LogP contribution is 2.60. The second-order valence-electron chi connectivity index (χ2n) is 8.66. The largest absolute Gasteiger partial charge is 0.321 e. The monoisotopic (exact) mass is 351 g/mol. The Bertz CT molecular complexity index is 772. The van der Waals surface area contributed by atoms with E-state index in [-0.39, 0.29) is 5.91 Å². The molecule has 0 radical (unpaired) electrons. The Balaban J connectivity index is 1.41. The van der Waals surface area contributed by atoms with Crippen LogP contribution in [0.1, 0.15) is 59.3 Å². The van der Waals surface area contributed by atoms with E-state index in [0.717, 1.165) is 28.3 Å². The number of nitrogens with one attached hydrogen (secondary N) is 1. The summed E-state index contributed by atoms with van der Waals surface area (Å²) in [4.78, 5) is 13.1. The highest BCUT2D eigenvalue weighted by atomic mass is 32.1. The number of carbonyl (C=O) groups excluding carboxylic acids is 1. The van der Waals surface area contributed by atoms with E-state index >= 15 is 0 Å². The molecule has 0 atom stereocenters. The van der Waals surface area contributed by atoms with E-state index in [2.05, 4.69) is 30.4 Å². The highest BCUT2D eigenvalue weighted by Gasteiger charge is 2.51. The van der Waals surface area contributed by atoms with Gasteiger partial charge in [-0.15, -0.1) is 11.3 Å². The number of rotatable bonds is 3. The molecule has 0 unspecified atom stereocenters. The number of benzene rings is 1. The molecule has 1 aromatic heterocycles. The minimum Gasteiger partial charge on any atom is -0.321 e. The molecule has 4 saturated carbocycles. The zero-order valence-corrected chi connectivity index (χ0v) is 15.6. The molecule has 3 heteroatoms. The third-order valence-electron chi connectivity index (χ3n) is 6.87. The quantitative estimate of drug-likeness (QED) is 0.746. The number of anilines is 1. The molecule has 25 heavy (non-hydrogen) atoms. The Hall–Kier alpha value is -1.61. The van der Waals surface area contributed by atoms with E-state index in [1.807, 2.05) is 17.5 Å². The number of thiophene rings is 1. The van der Waals surface area contributed by atoms with Gasteiger partial charge < -0.3 is 5.32 Å². The second-order valence-corrected chi connectivity index (χ2v) is 9.61. The van der Waals surface area contributed by atoms with Crippen molar-refractivity contribution in [2.24, 2.45) is 17.8 Å². The molecule has 1 heterocycles. The van der Waals surface area contributed by atoms with Gasteiger partial charge in [0.05, 0.1) is 4.88 Å². The summed E-state index contributed by atoms with van der Waals surface area (Å²) in [6.07, 6.45) is 8.60. The first-order valence-electron chi connectivity index (χ1n) is 9.57. The van der Waals surface area contributed by atoms with Crippen LogP contribution >= 0.6 is 11.3 Å². The Labute approximate surface area is 153 Å². The summed E-state index contributed by atoms with van der Waals surface area (Å²) in [5, 5.41) is 5.03. The average Bonchev–Trinajstić information content (AvgIpc) is 3.10. The molecule has 1 amide bonds. The summed E-state index contributed by atoms with van der Waals surface area (Å²) in [6.45, 7) is 2.13. The van der Waals surface area contributed by atoms with Gasteiger partial charge in [0.2, 0.25) is 0 Å². The van der Waals surface area contributed by atoms with Crippen LogP contribution in [0.3, 0.4) is 0 Å². The Kier molecular flexibility index (Phi) is 3.56. The van der Waals surface area contributed by atoms with Crippen LogP contribution in [0.25, 0.3) is 0 Å². The third kappa shape index (κ3) is 2.64. The van der Waals surface area contributed by atoms with Crippen molar-refractivity contribution in [1.82, 2.24) is 0 Å². The summed E-state index contributed by atoms with van der Waals surface area (Å²) in [7, 11) is 0. The number of aryl methyl sites for hydroxylation is 1. The SMILES string of the molecule is Cc1cc(C23CC4CC(CC(C4)C2)C3)ccc1NC(=O)c1cccs1. The second kappa shape index (κ2) is 5.70. The molecule has 0 aliphatic heterocycles. The number of hydrogen-bond acceptors (Lipinski definition) is 2. The standard InChI is InChI=1S/C22H25NOS/c1-14-7-18(4-5-19(14)23-21(24)20-3-2-6-25-20)22-11-15-8-16(12-22)10-17(9-15)13-22/h2-7,15-17H,8-13H2,1H3,(H,23,24). The molecule has 0 spiro atoms. The summed E-state index contributed by atoms with van der Waals surface area (Å²) >= 11 is 1.49. The van der Waals surface area contributed by atoms with Crippen molar-refractivity contribution in [1.29, 1.82) is 0 Å². The number of amides is 1. The van der Waals surface area contributed by atoms with Gasteiger partial charge >= 0.3 is 0 Å². The maximum Gasteiger partial charge on any atom is 0.265 e.